The molecule has 0 radical (unpaired) electrons. The molecule has 96 valence electrons. The number of imidazole rings is 1. The summed E-state index contributed by atoms with van der Waals surface area (Å²) in [4.78, 5) is 2.83. The number of benzene rings is 2. The summed E-state index contributed by atoms with van der Waals surface area (Å²) in [6.07, 6.45) is 0. The van der Waals surface area contributed by atoms with Crippen molar-refractivity contribution in [3.8, 4) is 5.69 Å². The number of nitrogens with zero attached hydrogens (tertiary/aromatic N) is 1. The Morgan fingerprint density at radius 2 is 1.84 bits per heavy atom. The molecule has 3 rings (SSSR count). The molecule has 0 saturated heterocycles. The minimum Gasteiger partial charge on any atom is -0.330 e. The maximum atomic E-state index is 14.0. The average molecular weight is 297 g/mol. The molecule has 1 N–H and O–H groups in total. The largest absolute Gasteiger partial charge is 0.330 e. The molecule has 19 heavy (non-hydrogen) atoms. The smallest absolute Gasteiger partial charge is 0.184 e. The second-order valence-corrected chi connectivity index (χ2v) is 4.77. The van der Waals surface area contributed by atoms with E-state index in [9.17, 15) is 8.78 Å². The summed E-state index contributed by atoms with van der Waals surface area (Å²) in [5.41, 5.74) is 0.979. The summed E-state index contributed by atoms with van der Waals surface area (Å²) in [7, 11) is 0. The van der Waals surface area contributed by atoms with Gasteiger partial charge in [0.15, 0.2) is 16.4 Å². The maximum absolute atomic E-state index is 14.0. The highest BCUT2D eigenvalue weighted by atomic mass is 35.5. The van der Waals surface area contributed by atoms with Gasteiger partial charge in [-0.2, -0.15) is 0 Å². The van der Waals surface area contributed by atoms with Gasteiger partial charge in [0, 0.05) is 0 Å². The summed E-state index contributed by atoms with van der Waals surface area (Å²) < 4.78 is 29.0. The number of H-pyrrole nitrogens is 1. The van der Waals surface area contributed by atoms with Crippen LogP contribution in [0.5, 0.6) is 0 Å². The molecule has 0 atom stereocenters. The van der Waals surface area contributed by atoms with E-state index in [1.807, 2.05) is 0 Å². The second-order valence-electron chi connectivity index (χ2n) is 3.97. The number of hydrogen-bond acceptors (Lipinski definition) is 1. The molecular weight excluding hydrogens is 290 g/mol. The van der Waals surface area contributed by atoms with E-state index in [-0.39, 0.29) is 10.3 Å². The molecule has 1 heterocycles. The summed E-state index contributed by atoms with van der Waals surface area (Å²) in [5.74, 6) is -1.88. The predicted octanol–water partition coefficient (Wildman–Crippen LogP) is 4.62. The van der Waals surface area contributed by atoms with Crippen LogP contribution in [0.25, 0.3) is 16.7 Å². The molecule has 0 bridgehead atoms. The second kappa shape index (κ2) is 4.43. The summed E-state index contributed by atoms with van der Waals surface area (Å²) in [6, 6.07) is 9.35. The molecule has 0 fully saturated rings. The number of halogens is 3. The number of hydrogen-bond donors (Lipinski definition) is 1. The molecule has 0 unspecified atom stereocenters. The summed E-state index contributed by atoms with van der Waals surface area (Å²) >= 11 is 11.2. The summed E-state index contributed by atoms with van der Waals surface area (Å²) in [5, 5.41) is 0.406. The van der Waals surface area contributed by atoms with Crippen LogP contribution in [0.2, 0.25) is 5.02 Å². The van der Waals surface area contributed by atoms with Gasteiger partial charge in [0.25, 0.3) is 0 Å². The van der Waals surface area contributed by atoms with E-state index in [0.29, 0.717) is 16.2 Å². The number of aromatic amines is 1. The number of fused-ring (bicyclic) bond motifs is 1. The van der Waals surface area contributed by atoms with Crippen LogP contribution in [-0.4, -0.2) is 9.55 Å². The standard InChI is InChI=1S/C13H7ClF2N2S/c14-7-3-1-2-4-10(7)18-12-9(17-13(18)19)6-5-8(15)11(12)16/h1-6H,(H,17,19). The van der Waals surface area contributed by atoms with Crippen LogP contribution < -0.4 is 0 Å². The molecule has 0 amide bonds. The highest BCUT2D eigenvalue weighted by Crippen LogP contribution is 2.27. The van der Waals surface area contributed by atoms with Crippen molar-refractivity contribution in [3.63, 3.8) is 0 Å². The molecule has 0 aliphatic heterocycles. The highest BCUT2D eigenvalue weighted by Gasteiger charge is 2.16. The highest BCUT2D eigenvalue weighted by molar-refractivity contribution is 7.71. The number of aromatic nitrogens is 2. The van der Waals surface area contributed by atoms with E-state index in [0.717, 1.165) is 6.07 Å². The van der Waals surface area contributed by atoms with Gasteiger partial charge in [0.05, 0.1) is 16.2 Å². The molecule has 0 aliphatic carbocycles. The van der Waals surface area contributed by atoms with E-state index in [1.165, 1.54) is 10.6 Å². The fourth-order valence-electron chi connectivity index (χ4n) is 1.99. The fraction of sp³-hybridized carbons (Fsp3) is 0. The van der Waals surface area contributed by atoms with Gasteiger partial charge in [-0.15, -0.1) is 0 Å². The van der Waals surface area contributed by atoms with Crippen molar-refractivity contribution < 1.29 is 8.78 Å². The lowest BCUT2D eigenvalue weighted by atomic mass is 10.2. The average Bonchev–Trinajstić information content (AvgIpc) is 2.72. The predicted molar refractivity (Wildman–Crippen MR) is 73.4 cm³/mol. The minimum atomic E-state index is -0.954. The van der Waals surface area contributed by atoms with Gasteiger partial charge in [0.2, 0.25) is 0 Å². The molecule has 3 aromatic rings. The van der Waals surface area contributed by atoms with Crippen LogP contribution >= 0.6 is 23.8 Å². The van der Waals surface area contributed by atoms with Crippen molar-refractivity contribution in [1.29, 1.82) is 0 Å². The first-order valence-corrected chi connectivity index (χ1v) is 6.22. The van der Waals surface area contributed by atoms with Crippen molar-refractivity contribution in [3.05, 3.63) is 57.8 Å². The van der Waals surface area contributed by atoms with Crippen molar-refractivity contribution in [2.24, 2.45) is 0 Å². The zero-order chi connectivity index (χ0) is 13.6. The molecule has 0 saturated carbocycles. The number of nitrogens with one attached hydrogen (secondary N) is 1. The van der Waals surface area contributed by atoms with Crippen molar-refractivity contribution in [2.45, 2.75) is 0 Å². The summed E-state index contributed by atoms with van der Waals surface area (Å²) in [6.45, 7) is 0. The Balaban J connectivity index is 2.48. The maximum Gasteiger partial charge on any atom is 0.184 e. The van der Waals surface area contributed by atoms with E-state index in [4.69, 9.17) is 23.8 Å². The molecule has 6 heteroatoms. The number of rotatable bonds is 1. The minimum absolute atomic E-state index is 0.0538. The van der Waals surface area contributed by atoms with Crippen LogP contribution in [0.4, 0.5) is 8.78 Å². The monoisotopic (exact) mass is 296 g/mol. The Labute approximate surface area is 117 Å². The Kier molecular flexibility index (Phi) is 2.88. The first-order chi connectivity index (χ1) is 9.09. The van der Waals surface area contributed by atoms with Gasteiger partial charge in [-0.25, -0.2) is 8.78 Å². The molecule has 0 aliphatic rings. The van der Waals surface area contributed by atoms with Gasteiger partial charge in [-0.3, -0.25) is 4.57 Å². The number of para-hydroxylation sites is 1. The van der Waals surface area contributed by atoms with E-state index in [2.05, 4.69) is 4.98 Å². The van der Waals surface area contributed by atoms with Crippen molar-refractivity contribution >= 4 is 34.9 Å². The van der Waals surface area contributed by atoms with E-state index < -0.39 is 11.6 Å². The first-order valence-electron chi connectivity index (χ1n) is 5.43. The van der Waals surface area contributed by atoms with Gasteiger partial charge in [0.1, 0.15) is 5.52 Å². The molecule has 2 nitrogen and oxygen atoms in total. The third kappa shape index (κ3) is 1.86. The van der Waals surface area contributed by atoms with Gasteiger partial charge in [-0.1, -0.05) is 23.7 Å². The zero-order valence-corrected chi connectivity index (χ0v) is 11.0. The molecule has 2 aromatic carbocycles. The van der Waals surface area contributed by atoms with Crippen LogP contribution in [0.3, 0.4) is 0 Å². The first kappa shape index (κ1) is 12.3. The van der Waals surface area contributed by atoms with Gasteiger partial charge in [-0.05, 0) is 36.5 Å². The van der Waals surface area contributed by atoms with Crippen LogP contribution in [-0.2, 0) is 0 Å². The Morgan fingerprint density at radius 1 is 1.11 bits per heavy atom. The zero-order valence-electron chi connectivity index (χ0n) is 9.45. The van der Waals surface area contributed by atoms with Crippen molar-refractivity contribution in [2.75, 3.05) is 0 Å². The van der Waals surface area contributed by atoms with Crippen LogP contribution in [0.15, 0.2) is 36.4 Å². The topological polar surface area (TPSA) is 20.7 Å². The van der Waals surface area contributed by atoms with E-state index >= 15 is 0 Å². The quantitative estimate of drug-likeness (QED) is 0.650. The lowest BCUT2D eigenvalue weighted by Crippen LogP contribution is -1.98. The molecule has 1 aromatic heterocycles. The van der Waals surface area contributed by atoms with E-state index in [1.54, 1.807) is 24.3 Å². The third-order valence-corrected chi connectivity index (χ3v) is 3.43. The lowest BCUT2D eigenvalue weighted by Gasteiger charge is -2.07. The fourth-order valence-corrected chi connectivity index (χ4v) is 2.51. The Morgan fingerprint density at radius 3 is 2.58 bits per heavy atom. The Hall–Kier alpha value is -1.72. The van der Waals surface area contributed by atoms with Gasteiger partial charge >= 0.3 is 0 Å². The van der Waals surface area contributed by atoms with Crippen LogP contribution in [0.1, 0.15) is 0 Å². The molecular formula is C13H7ClF2N2S. The van der Waals surface area contributed by atoms with Crippen molar-refractivity contribution in [1.82, 2.24) is 9.55 Å². The SMILES string of the molecule is Fc1ccc2[nH]c(=S)n(-c3ccccc3Cl)c2c1F. The normalized spacial score (nSPS) is 11.1. The van der Waals surface area contributed by atoms with Crippen LogP contribution in [0, 0.1) is 16.4 Å². The third-order valence-electron chi connectivity index (χ3n) is 2.83. The molecule has 0 spiro atoms. The van der Waals surface area contributed by atoms with Gasteiger partial charge < -0.3 is 4.98 Å². The lowest BCUT2D eigenvalue weighted by molar-refractivity contribution is 0.514. The Bertz CT molecular complexity index is 838.